The van der Waals surface area contributed by atoms with Crippen LogP contribution in [0.15, 0.2) is 77.7 Å². The van der Waals surface area contributed by atoms with Crippen LogP contribution in [0.1, 0.15) is 28.4 Å². The van der Waals surface area contributed by atoms with Crippen molar-refractivity contribution >= 4 is 27.3 Å². The smallest absolute Gasteiger partial charge is 0.264 e. The summed E-state index contributed by atoms with van der Waals surface area (Å²) in [6.07, 6.45) is 0.806. The lowest BCUT2D eigenvalue weighted by molar-refractivity contribution is 0.102. The third-order valence-corrected chi connectivity index (χ3v) is 6.67. The van der Waals surface area contributed by atoms with Crippen LogP contribution >= 0.6 is 0 Å². The second-order valence-electron chi connectivity index (χ2n) is 6.75. The molecule has 5 nitrogen and oxygen atoms in total. The van der Waals surface area contributed by atoms with E-state index in [1.54, 1.807) is 24.3 Å². The van der Waals surface area contributed by atoms with Crippen molar-refractivity contribution in [2.24, 2.45) is 0 Å². The van der Waals surface area contributed by atoms with Crippen molar-refractivity contribution in [3.05, 3.63) is 89.5 Å². The molecule has 0 aliphatic carbocycles. The Bertz CT molecular complexity index is 1110. The molecule has 0 bridgehead atoms. The Kier molecular flexibility index (Phi) is 6.03. The van der Waals surface area contributed by atoms with Crippen molar-refractivity contribution in [2.75, 3.05) is 16.7 Å². The van der Waals surface area contributed by atoms with Gasteiger partial charge in [0.15, 0.2) is 0 Å². The Balaban J connectivity index is 1.82. The van der Waals surface area contributed by atoms with Crippen LogP contribution < -0.4 is 9.62 Å². The summed E-state index contributed by atoms with van der Waals surface area (Å²) in [7, 11) is -2.20. The topological polar surface area (TPSA) is 66.5 Å². The standard InChI is InChI=1S/C23H24N2O3S/c1-4-18-10-8-9-17(2)22(18)24-23(26)19-13-15-21(16-14-19)29(27,28)25(3)20-11-6-5-7-12-20/h5-16H,4H2,1-3H3,(H,24,26). The number of carbonyl (C=O) groups excluding carboxylic acids is 1. The van der Waals surface area contributed by atoms with E-state index in [2.05, 4.69) is 5.32 Å². The van der Waals surface area contributed by atoms with Gasteiger partial charge in [-0.05, 0) is 60.9 Å². The zero-order valence-electron chi connectivity index (χ0n) is 16.7. The van der Waals surface area contributed by atoms with Gasteiger partial charge in [0, 0.05) is 18.3 Å². The lowest BCUT2D eigenvalue weighted by atomic mass is 10.1. The van der Waals surface area contributed by atoms with E-state index < -0.39 is 10.0 Å². The first-order chi connectivity index (χ1) is 13.8. The molecule has 150 valence electrons. The second kappa shape index (κ2) is 8.49. The Hall–Kier alpha value is -3.12. The Morgan fingerprint density at radius 2 is 1.59 bits per heavy atom. The van der Waals surface area contributed by atoms with Gasteiger partial charge in [-0.2, -0.15) is 0 Å². The van der Waals surface area contributed by atoms with Gasteiger partial charge >= 0.3 is 0 Å². The highest BCUT2D eigenvalue weighted by atomic mass is 32.2. The Morgan fingerprint density at radius 3 is 2.21 bits per heavy atom. The summed E-state index contributed by atoms with van der Waals surface area (Å²) in [6.45, 7) is 3.98. The fraction of sp³-hybridized carbons (Fsp3) is 0.174. The molecule has 3 aromatic rings. The number of nitrogens with one attached hydrogen (secondary N) is 1. The van der Waals surface area contributed by atoms with Gasteiger partial charge in [-0.15, -0.1) is 0 Å². The summed E-state index contributed by atoms with van der Waals surface area (Å²) in [5, 5.41) is 2.95. The highest BCUT2D eigenvalue weighted by Crippen LogP contribution is 2.24. The highest BCUT2D eigenvalue weighted by Gasteiger charge is 2.21. The number of anilines is 2. The van der Waals surface area contributed by atoms with Gasteiger partial charge in [-0.3, -0.25) is 9.10 Å². The van der Waals surface area contributed by atoms with E-state index >= 15 is 0 Å². The molecule has 3 aromatic carbocycles. The van der Waals surface area contributed by atoms with Crippen LogP contribution in [-0.4, -0.2) is 21.4 Å². The molecular formula is C23H24N2O3S. The van der Waals surface area contributed by atoms with Gasteiger partial charge in [0.25, 0.3) is 15.9 Å². The molecule has 0 radical (unpaired) electrons. The molecule has 0 spiro atoms. The molecule has 6 heteroatoms. The fourth-order valence-electron chi connectivity index (χ4n) is 3.10. The normalized spacial score (nSPS) is 11.1. The van der Waals surface area contributed by atoms with Gasteiger partial charge < -0.3 is 5.32 Å². The summed E-state index contributed by atoms with van der Waals surface area (Å²) in [5.41, 5.74) is 3.82. The minimum atomic E-state index is -3.71. The van der Waals surface area contributed by atoms with Crippen molar-refractivity contribution in [3.8, 4) is 0 Å². The van der Waals surface area contributed by atoms with Crippen LogP contribution in [0.25, 0.3) is 0 Å². The van der Waals surface area contributed by atoms with Crippen LogP contribution in [0.4, 0.5) is 11.4 Å². The molecule has 0 heterocycles. The molecule has 0 atom stereocenters. The summed E-state index contributed by atoms with van der Waals surface area (Å²) < 4.78 is 26.9. The van der Waals surface area contributed by atoms with Gasteiger partial charge in [0.05, 0.1) is 10.6 Å². The second-order valence-corrected chi connectivity index (χ2v) is 8.72. The molecule has 0 aliphatic rings. The molecule has 0 saturated carbocycles. The maximum Gasteiger partial charge on any atom is 0.264 e. The van der Waals surface area contributed by atoms with Crippen molar-refractivity contribution < 1.29 is 13.2 Å². The first-order valence-electron chi connectivity index (χ1n) is 9.38. The average Bonchev–Trinajstić information content (AvgIpc) is 2.75. The number of benzene rings is 3. The number of rotatable bonds is 6. The monoisotopic (exact) mass is 408 g/mol. The number of sulfonamides is 1. The molecule has 29 heavy (non-hydrogen) atoms. The number of carbonyl (C=O) groups is 1. The van der Waals surface area contributed by atoms with E-state index in [9.17, 15) is 13.2 Å². The largest absolute Gasteiger partial charge is 0.321 e. The first-order valence-corrected chi connectivity index (χ1v) is 10.8. The quantitative estimate of drug-likeness (QED) is 0.646. The lowest BCUT2D eigenvalue weighted by Crippen LogP contribution is -2.26. The molecule has 0 saturated heterocycles. The van der Waals surface area contributed by atoms with E-state index in [0.29, 0.717) is 11.3 Å². The highest BCUT2D eigenvalue weighted by molar-refractivity contribution is 7.92. The zero-order chi connectivity index (χ0) is 21.0. The summed E-state index contributed by atoms with van der Waals surface area (Å²) in [6, 6.07) is 20.7. The van der Waals surface area contributed by atoms with Crippen molar-refractivity contribution in [1.82, 2.24) is 0 Å². The molecule has 0 unspecified atom stereocenters. The van der Waals surface area contributed by atoms with Crippen LogP contribution in [0.2, 0.25) is 0 Å². The molecule has 0 aromatic heterocycles. The van der Waals surface area contributed by atoms with Crippen molar-refractivity contribution in [3.63, 3.8) is 0 Å². The predicted octanol–water partition coefficient (Wildman–Crippen LogP) is 4.63. The molecule has 0 fully saturated rings. The average molecular weight is 409 g/mol. The third-order valence-electron chi connectivity index (χ3n) is 4.87. The molecule has 1 amide bonds. The zero-order valence-corrected chi connectivity index (χ0v) is 17.5. The lowest BCUT2D eigenvalue weighted by Gasteiger charge is -2.19. The maximum absolute atomic E-state index is 12.9. The van der Waals surface area contributed by atoms with Crippen molar-refractivity contribution in [1.29, 1.82) is 0 Å². The van der Waals surface area contributed by atoms with Crippen molar-refractivity contribution in [2.45, 2.75) is 25.2 Å². The van der Waals surface area contributed by atoms with E-state index in [1.165, 1.54) is 35.6 Å². The van der Waals surface area contributed by atoms with Gasteiger partial charge in [-0.1, -0.05) is 43.3 Å². The van der Waals surface area contributed by atoms with Gasteiger partial charge in [0.1, 0.15) is 0 Å². The minimum Gasteiger partial charge on any atom is -0.321 e. The minimum absolute atomic E-state index is 0.130. The molecule has 0 aliphatic heterocycles. The maximum atomic E-state index is 12.9. The van der Waals surface area contributed by atoms with Crippen LogP contribution in [0, 0.1) is 6.92 Å². The number of aryl methyl sites for hydroxylation is 2. The predicted molar refractivity (Wildman–Crippen MR) is 117 cm³/mol. The third kappa shape index (κ3) is 4.32. The summed E-state index contributed by atoms with van der Waals surface area (Å²) in [4.78, 5) is 12.8. The summed E-state index contributed by atoms with van der Waals surface area (Å²) in [5.74, 6) is -0.269. The molecule has 3 rings (SSSR count). The van der Waals surface area contributed by atoms with Gasteiger partial charge in [0.2, 0.25) is 0 Å². The molecular weight excluding hydrogens is 384 g/mol. The number of hydrogen-bond donors (Lipinski definition) is 1. The van der Waals surface area contributed by atoms with E-state index in [4.69, 9.17) is 0 Å². The first kappa shape index (κ1) is 20.6. The van der Waals surface area contributed by atoms with Gasteiger partial charge in [-0.25, -0.2) is 8.42 Å². The SMILES string of the molecule is CCc1cccc(C)c1NC(=O)c1ccc(S(=O)(=O)N(C)c2ccccc2)cc1. The summed E-state index contributed by atoms with van der Waals surface area (Å²) >= 11 is 0. The number of amides is 1. The van der Waals surface area contributed by atoms with E-state index in [0.717, 1.165) is 23.2 Å². The van der Waals surface area contributed by atoms with E-state index in [-0.39, 0.29) is 10.8 Å². The number of para-hydroxylation sites is 2. The molecule has 1 N–H and O–H groups in total. The van der Waals surface area contributed by atoms with Crippen LogP contribution in [-0.2, 0) is 16.4 Å². The number of hydrogen-bond acceptors (Lipinski definition) is 3. The van der Waals surface area contributed by atoms with Crippen LogP contribution in [0.5, 0.6) is 0 Å². The number of nitrogens with zero attached hydrogens (tertiary/aromatic N) is 1. The Morgan fingerprint density at radius 1 is 0.931 bits per heavy atom. The fourth-order valence-corrected chi connectivity index (χ4v) is 4.30. The Labute approximate surface area is 172 Å². The van der Waals surface area contributed by atoms with Crippen LogP contribution in [0.3, 0.4) is 0 Å². The van der Waals surface area contributed by atoms with E-state index in [1.807, 2.05) is 38.1 Å².